The van der Waals surface area contributed by atoms with Crippen LogP contribution >= 0.6 is 15.9 Å². The number of phenols is 1. The summed E-state index contributed by atoms with van der Waals surface area (Å²) < 4.78 is 1.14. The van der Waals surface area contributed by atoms with E-state index in [0.717, 1.165) is 29.4 Å². The summed E-state index contributed by atoms with van der Waals surface area (Å²) in [6.07, 6.45) is 2.01. The summed E-state index contributed by atoms with van der Waals surface area (Å²) in [4.78, 5) is 0. The largest absolute Gasteiger partial charge is 0.508 e. The molecule has 1 aliphatic rings. The quantitative estimate of drug-likeness (QED) is 0.899. The molecule has 0 radical (unpaired) electrons. The Hall–Kier alpha value is -1.32. The molecular weight excluding hydrogens is 302 g/mol. The Kier molecular flexibility index (Phi) is 3.58. The van der Waals surface area contributed by atoms with Crippen molar-refractivity contribution < 1.29 is 5.11 Å². The normalized spacial score (nSPS) is 17.4. The summed E-state index contributed by atoms with van der Waals surface area (Å²) in [5.41, 5.74) is 3.61. The zero-order chi connectivity index (χ0) is 13.2. The van der Waals surface area contributed by atoms with Crippen LogP contribution in [0.5, 0.6) is 5.75 Å². The molecule has 2 aromatic carbocycles. The maximum atomic E-state index is 9.84. The van der Waals surface area contributed by atoms with Crippen molar-refractivity contribution in [3.63, 3.8) is 0 Å². The number of aromatic hydroxyl groups is 1. The SMILES string of the molecule is Oc1cccc2c1CCC2NCc1ccccc1Br. The second-order valence-corrected chi connectivity index (χ2v) is 5.76. The Morgan fingerprint density at radius 3 is 2.84 bits per heavy atom. The van der Waals surface area contributed by atoms with Gasteiger partial charge in [0.1, 0.15) is 5.75 Å². The van der Waals surface area contributed by atoms with Gasteiger partial charge < -0.3 is 10.4 Å². The van der Waals surface area contributed by atoms with E-state index >= 15 is 0 Å². The molecule has 0 heterocycles. The monoisotopic (exact) mass is 317 g/mol. The van der Waals surface area contributed by atoms with Crippen LogP contribution in [0, 0.1) is 0 Å². The first kappa shape index (κ1) is 12.7. The van der Waals surface area contributed by atoms with Crippen LogP contribution in [0.3, 0.4) is 0 Å². The number of hydrogen-bond donors (Lipinski definition) is 2. The van der Waals surface area contributed by atoms with Gasteiger partial charge in [0.05, 0.1) is 0 Å². The number of hydrogen-bond acceptors (Lipinski definition) is 2. The van der Waals surface area contributed by atoms with Crippen molar-refractivity contribution in [2.45, 2.75) is 25.4 Å². The van der Waals surface area contributed by atoms with E-state index in [1.54, 1.807) is 6.07 Å². The first-order valence-electron chi connectivity index (χ1n) is 6.53. The number of benzene rings is 2. The van der Waals surface area contributed by atoms with Crippen LogP contribution in [-0.4, -0.2) is 5.11 Å². The topological polar surface area (TPSA) is 32.3 Å². The molecule has 1 aliphatic carbocycles. The van der Waals surface area contributed by atoms with E-state index in [0.29, 0.717) is 11.8 Å². The second kappa shape index (κ2) is 5.35. The molecule has 1 atom stereocenters. The smallest absolute Gasteiger partial charge is 0.119 e. The van der Waals surface area contributed by atoms with Gasteiger partial charge in [0.2, 0.25) is 0 Å². The number of fused-ring (bicyclic) bond motifs is 1. The molecule has 0 saturated carbocycles. The van der Waals surface area contributed by atoms with Crippen LogP contribution in [0.15, 0.2) is 46.9 Å². The van der Waals surface area contributed by atoms with Gasteiger partial charge in [0.25, 0.3) is 0 Å². The lowest BCUT2D eigenvalue weighted by atomic mass is 10.1. The Morgan fingerprint density at radius 2 is 2.00 bits per heavy atom. The average molecular weight is 318 g/mol. The summed E-state index contributed by atoms with van der Waals surface area (Å²) in [6.45, 7) is 0.835. The molecule has 2 nitrogen and oxygen atoms in total. The minimum atomic E-state index is 0.342. The molecule has 3 rings (SSSR count). The highest BCUT2D eigenvalue weighted by molar-refractivity contribution is 9.10. The van der Waals surface area contributed by atoms with Crippen molar-refractivity contribution in [3.05, 3.63) is 63.6 Å². The van der Waals surface area contributed by atoms with Gasteiger partial charge in [-0.05, 0) is 41.7 Å². The number of halogens is 1. The van der Waals surface area contributed by atoms with Gasteiger partial charge in [-0.2, -0.15) is 0 Å². The number of phenolic OH excluding ortho intramolecular Hbond substituents is 1. The third kappa shape index (κ3) is 2.53. The Bertz CT molecular complexity index is 597. The van der Waals surface area contributed by atoms with E-state index in [1.807, 2.05) is 12.1 Å². The number of rotatable bonds is 3. The van der Waals surface area contributed by atoms with Crippen LogP contribution < -0.4 is 5.32 Å². The highest BCUT2D eigenvalue weighted by Crippen LogP contribution is 2.36. The van der Waals surface area contributed by atoms with E-state index < -0.39 is 0 Å². The molecule has 19 heavy (non-hydrogen) atoms. The maximum Gasteiger partial charge on any atom is 0.119 e. The van der Waals surface area contributed by atoms with Crippen molar-refractivity contribution in [3.8, 4) is 5.75 Å². The fraction of sp³-hybridized carbons (Fsp3) is 0.250. The minimum Gasteiger partial charge on any atom is -0.508 e. The first-order chi connectivity index (χ1) is 9.25. The molecule has 0 fully saturated rings. The molecule has 0 amide bonds. The summed E-state index contributed by atoms with van der Waals surface area (Å²) >= 11 is 3.57. The van der Waals surface area contributed by atoms with Crippen LogP contribution in [0.2, 0.25) is 0 Å². The summed E-state index contributed by atoms with van der Waals surface area (Å²) in [6, 6.07) is 14.4. The van der Waals surface area contributed by atoms with E-state index in [4.69, 9.17) is 0 Å². The van der Waals surface area contributed by atoms with Crippen LogP contribution in [0.4, 0.5) is 0 Å². The zero-order valence-corrected chi connectivity index (χ0v) is 12.2. The predicted molar refractivity (Wildman–Crippen MR) is 80.2 cm³/mol. The summed E-state index contributed by atoms with van der Waals surface area (Å²) in [5, 5.41) is 13.4. The summed E-state index contributed by atoms with van der Waals surface area (Å²) in [7, 11) is 0. The molecule has 98 valence electrons. The lowest BCUT2D eigenvalue weighted by Gasteiger charge is -2.15. The molecule has 1 unspecified atom stereocenters. The third-order valence-corrected chi connectivity index (χ3v) is 4.52. The highest BCUT2D eigenvalue weighted by Gasteiger charge is 2.24. The van der Waals surface area contributed by atoms with Crippen molar-refractivity contribution in [2.24, 2.45) is 0 Å². The Labute approximate surface area is 121 Å². The van der Waals surface area contributed by atoms with Gasteiger partial charge in [0.15, 0.2) is 0 Å². The lowest BCUT2D eigenvalue weighted by Crippen LogP contribution is -2.18. The fourth-order valence-electron chi connectivity index (χ4n) is 2.72. The van der Waals surface area contributed by atoms with E-state index in [9.17, 15) is 5.11 Å². The molecule has 3 heteroatoms. The first-order valence-corrected chi connectivity index (χ1v) is 7.32. The fourth-order valence-corrected chi connectivity index (χ4v) is 3.15. The molecule has 0 spiro atoms. The van der Waals surface area contributed by atoms with Gasteiger partial charge in [-0.1, -0.05) is 46.3 Å². The zero-order valence-electron chi connectivity index (χ0n) is 10.6. The average Bonchev–Trinajstić information content (AvgIpc) is 2.83. The van der Waals surface area contributed by atoms with Crippen LogP contribution in [-0.2, 0) is 13.0 Å². The molecular formula is C16H16BrNO. The molecule has 2 aromatic rings. The van der Waals surface area contributed by atoms with Crippen LogP contribution in [0.25, 0.3) is 0 Å². The molecule has 0 saturated heterocycles. The third-order valence-electron chi connectivity index (χ3n) is 3.74. The van der Waals surface area contributed by atoms with Crippen LogP contribution in [0.1, 0.15) is 29.2 Å². The Morgan fingerprint density at radius 1 is 1.16 bits per heavy atom. The molecule has 0 bridgehead atoms. The molecule has 0 aliphatic heterocycles. The lowest BCUT2D eigenvalue weighted by molar-refractivity contribution is 0.469. The maximum absolute atomic E-state index is 9.84. The molecule has 2 N–H and O–H groups in total. The highest BCUT2D eigenvalue weighted by atomic mass is 79.9. The van der Waals surface area contributed by atoms with Gasteiger partial charge in [0, 0.05) is 17.1 Å². The number of nitrogens with one attached hydrogen (secondary N) is 1. The van der Waals surface area contributed by atoms with Gasteiger partial charge in [-0.15, -0.1) is 0 Å². The van der Waals surface area contributed by atoms with E-state index in [2.05, 4.69) is 45.5 Å². The molecule has 0 aromatic heterocycles. The van der Waals surface area contributed by atoms with Gasteiger partial charge in [-0.3, -0.25) is 0 Å². The van der Waals surface area contributed by atoms with Crippen molar-refractivity contribution in [1.82, 2.24) is 5.32 Å². The van der Waals surface area contributed by atoms with Crippen molar-refractivity contribution >= 4 is 15.9 Å². The second-order valence-electron chi connectivity index (χ2n) is 4.91. The summed E-state index contributed by atoms with van der Waals surface area (Å²) in [5.74, 6) is 0.433. The van der Waals surface area contributed by atoms with E-state index in [1.165, 1.54) is 11.1 Å². The van der Waals surface area contributed by atoms with Crippen molar-refractivity contribution in [1.29, 1.82) is 0 Å². The van der Waals surface area contributed by atoms with E-state index in [-0.39, 0.29) is 0 Å². The minimum absolute atomic E-state index is 0.342. The predicted octanol–water partition coefficient (Wildman–Crippen LogP) is 3.93. The Balaban J connectivity index is 1.74. The standard InChI is InChI=1S/C16H16BrNO/c17-14-6-2-1-4-11(14)10-18-15-9-8-13-12(15)5-3-7-16(13)19/h1-7,15,18-19H,8-10H2. The van der Waals surface area contributed by atoms with Crippen molar-refractivity contribution in [2.75, 3.05) is 0 Å². The van der Waals surface area contributed by atoms with Gasteiger partial charge >= 0.3 is 0 Å². The van der Waals surface area contributed by atoms with Gasteiger partial charge in [-0.25, -0.2) is 0 Å².